The summed E-state index contributed by atoms with van der Waals surface area (Å²) >= 11 is 1.38. The summed E-state index contributed by atoms with van der Waals surface area (Å²) in [4.78, 5) is 0.936. The van der Waals surface area contributed by atoms with E-state index in [9.17, 15) is 18.4 Å². The van der Waals surface area contributed by atoms with Crippen molar-refractivity contribution in [3.8, 4) is 0 Å². The van der Waals surface area contributed by atoms with Gasteiger partial charge in [0.2, 0.25) is 0 Å². The zero-order valence-corrected chi connectivity index (χ0v) is 13.2. The van der Waals surface area contributed by atoms with Crippen LogP contribution in [0.3, 0.4) is 0 Å². The molecule has 0 amide bonds. The van der Waals surface area contributed by atoms with Crippen molar-refractivity contribution < 1.29 is 18.4 Å². The van der Waals surface area contributed by atoms with E-state index in [1.54, 1.807) is 0 Å². The maximum Gasteiger partial charge on any atom is 0.435 e. The third-order valence-corrected chi connectivity index (χ3v) is 4.06. The minimum absolute atomic E-state index is 0.162. The smallest absolute Gasteiger partial charge is 0.411 e. The van der Waals surface area contributed by atoms with Gasteiger partial charge in [-0.3, -0.25) is 4.68 Å². The van der Waals surface area contributed by atoms with Gasteiger partial charge in [-0.15, -0.1) is 11.8 Å². The van der Waals surface area contributed by atoms with Crippen LogP contribution in [-0.4, -0.2) is 26.5 Å². The number of aromatic nitrogens is 2. The fourth-order valence-corrected chi connectivity index (χ4v) is 2.85. The molecule has 0 aliphatic rings. The highest BCUT2D eigenvalue weighted by atomic mass is 32.2. The second-order valence-electron chi connectivity index (χ2n) is 4.78. The summed E-state index contributed by atoms with van der Waals surface area (Å²) in [5.74, 6) is 0.243. The molecule has 8 heteroatoms. The summed E-state index contributed by atoms with van der Waals surface area (Å²) in [6, 6.07) is 10.3. The Bertz CT molecular complexity index is 668. The normalized spacial score (nSPS) is 12.6. The second-order valence-corrected chi connectivity index (χ2v) is 5.83. The molecule has 0 unspecified atom stereocenters. The van der Waals surface area contributed by atoms with Crippen molar-refractivity contribution in [1.29, 1.82) is 0 Å². The SMILES string of the molecule is CCCn1nc(C(F)(F)F)cc1/C(CSc1ccccc1)=N/O. The van der Waals surface area contributed by atoms with Crippen LogP contribution in [0.2, 0.25) is 0 Å². The summed E-state index contributed by atoms with van der Waals surface area (Å²) < 4.78 is 39.8. The molecule has 124 valence electrons. The van der Waals surface area contributed by atoms with Crippen LogP contribution in [0.5, 0.6) is 0 Å². The van der Waals surface area contributed by atoms with E-state index in [0.717, 1.165) is 11.0 Å². The van der Waals surface area contributed by atoms with Gasteiger partial charge in [0, 0.05) is 17.2 Å². The Morgan fingerprint density at radius 1 is 1.30 bits per heavy atom. The van der Waals surface area contributed by atoms with Gasteiger partial charge in [0.1, 0.15) is 5.71 Å². The van der Waals surface area contributed by atoms with Crippen LogP contribution in [0.4, 0.5) is 13.2 Å². The average molecular weight is 343 g/mol. The first kappa shape index (κ1) is 17.4. The molecule has 1 N–H and O–H groups in total. The zero-order chi connectivity index (χ0) is 16.9. The molecule has 23 heavy (non-hydrogen) atoms. The van der Waals surface area contributed by atoms with E-state index < -0.39 is 11.9 Å². The molecule has 1 aromatic carbocycles. The first-order valence-electron chi connectivity index (χ1n) is 7.00. The number of nitrogens with zero attached hydrogens (tertiary/aromatic N) is 3. The molecule has 2 rings (SSSR count). The fourth-order valence-electron chi connectivity index (χ4n) is 1.99. The zero-order valence-electron chi connectivity index (χ0n) is 12.4. The highest BCUT2D eigenvalue weighted by Gasteiger charge is 2.35. The van der Waals surface area contributed by atoms with Crippen molar-refractivity contribution in [2.75, 3.05) is 5.75 Å². The number of thioether (sulfide) groups is 1. The molecular weight excluding hydrogens is 327 g/mol. The number of alkyl halides is 3. The predicted octanol–water partition coefficient (Wildman–Crippen LogP) is 4.28. The topological polar surface area (TPSA) is 50.4 Å². The van der Waals surface area contributed by atoms with Crippen molar-refractivity contribution in [2.45, 2.75) is 31.0 Å². The lowest BCUT2D eigenvalue weighted by Crippen LogP contribution is -2.13. The van der Waals surface area contributed by atoms with E-state index in [0.29, 0.717) is 13.0 Å². The molecular formula is C15H16F3N3OS. The Kier molecular flexibility index (Phi) is 5.70. The Labute approximate surface area is 136 Å². The third kappa shape index (κ3) is 4.51. The molecule has 0 aliphatic carbocycles. The molecule has 0 spiro atoms. The first-order valence-corrected chi connectivity index (χ1v) is 7.98. The van der Waals surface area contributed by atoms with Crippen LogP contribution in [0, 0.1) is 0 Å². The van der Waals surface area contributed by atoms with Crippen LogP contribution in [0.25, 0.3) is 0 Å². The minimum atomic E-state index is -4.53. The lowest BCUT2D eigenvalue weighted by atomic mass is 10.2. The molecule has 0 aliphatic heterocycles. The van der Waals surface area contributed by atoms with E-state index >= 15 is 0 Å². The molecule has 1 heterocycles. The van der Waals surface area contributed by atoms with Crippen LogP contribution in [0.1, 0.15) is 24.7 Å². The number of hydrogen-bond donors (Lipinski definition) is 1. The van der Waals surface area contributed by atoms with Crippen LogP contribution >= 0.6 is 11.8 Å². The summed E-state index contributed by atoms with van der Waals surface area (Å²) in [5.41, 5.74) is -0.632. The molecule has 0 bridgehead atoms. The van der Waals surface area contributed by atoms with Gasteiger partial charge in [-0.1, -0.05) is 30.3 Å². The maximum absolute atomic E-state index is 12.9. The van der Waals surface area contributed by atoms with Gasteiger partial charge in [0.15, 0.2) is 5.69 Å². The van der Waals surface area contributed by atoms with Gasteiger partial charge < -0.3 is 5.21 Å². The van der Waals surface area contributed by atoms with Gasteiger partial charge in [-0.2, -0.15) is 18.3 Å². The van der Waals surface area contributed by atoms with E-state index in [4.69, 9.17) is 0 Å². The van der Waals surface area contributed by atoms with Crippen LogP contribution < -0.4 is 0 Å². The fraction of sp³-hybridized carbons (Fsp3) is 0.333. The summed E-state index contributed by atoms with van der Waals surface area (Å²) in [6.07, 6.45) is -3.91. The van der Waals surface area contributed by atoms with Crippen molar-refractivity contribution in [2.24, 2.45) is 5.16 Å². The van der Waals surface area contributed by atoms with E-state index in [1.807, 2.05) is 37.3 Å². The average Bonchev–Trinajstić information content (AvgIpc) is 2.94. The van der Waals surface area contributed by atoms with Gasteiger partial charge in [0.25, 0.3) is 0 Å². The number of benzene rings is 1. The molecule has 0 radical (unpaired) electrons. The molecule has 2 aromatic rings. The number of oxime groups is 1. The highest BCUT2D eigenvalue weighted by molar-refractivity contribution is 8.00. The van der Waals surface area contributed by atoms with Crippen molar-refractivity contribution >= 4 is 17.5 Å². The predicted molar refractivity (Wildman–Crippen MR) is 83.0 cm³/mol. The second kappa shape index (κ2) is 7.54. The Balaban J connectivity index is 2.24. The lowest BCUT2D eigenvalue weighted by molar-refractivity contribution is -0.141. The van der Waals surface area contributed by atoms with Gasteiger partial charge >= 0.3 is 6.18 Å². The highest BCUT2D eigenvalue weighted by Crippen LogP contribution is 2.29. The molecule has 4 nitrogen and oxygen atoms in total. The number of hydrogen-bond acceptors (Lipinski definition) is 4. The van der Waals surface area contributed by atoms with Gasteiger partial charge in [-0.25, -0.2) is 0 Å². The Morgan fingerprint density at radius 2 is 2.00 bits per heavy atom. The molecule has 0 saturated heterocycles. The quantitative estimate of drug-likeness (QED) is 0.369. The third-order valence-electron chi connectivity index (χ3n) is 3.04. The van der Waals surface area contributed by atoms with Crippen LogP contribution in [-0.2, 0) is 12.7 Å². The summed E-state index contributed by atoms with van der Waals surface area (Å²) in [5, 5.41) is 16.0. The first-order chi connectivity index (χ1) is 11.0. The Hall–Kier alpha value is -1.96. The maximum atomic E-state index is 12.9. The van der Waals surface area contributed by atoms with E-state index in [-0.39, 0.29) is 17.2 Å². The van der Waals surface area contributed by atoms with Crippen molar-refractivity contribution in [3.05, 3.63) is 47.8 Å². The largest absolute Gasteiger partial charge is 0.435 e. The van der Waals surface area contributed by atoms with E-state index in [2.05, 4.69) is 10.3 Å². The number of aryl methyl sites for hydroxylation is 1. The number of rotatable bonds is 6. The van der Waals surface area contributed by atoms with Crippen molar-refractivity contribution in [3.63, 3.8) is 0 Å². The summed E-state index contributed by atoms with van der Waals surface area (Å²) in [6.45, 7) is 2.16. The molecule has 0 atom stereocenters. The lowest BCUT2D eigenvalue weighted by Gasteiger charge is -2.07. The Morgan fingerprint density at radius 3 is 2.57 bits per heavy atom. The molecule has 0 fully saturated rings. The summed E-state index contributed by atoms with van der Waals surface area (Å²) in [7, 11) is 0. The number of halogens is 3. The monoisotopic (exact) mass is 343 g/mol. The minimum Gasteiger partial charge on any atom is -0.411 e. The van der Waals surface area contributed by atoms with Gasteiger partial charge in [0.05, 0.1) is 5.69 Å². The van der Waals surface area contributed by atoms with Crippen LogP contribution in [0.15, 0.2) is 46.4 Å². The standard InChI is InChI=1S/C15H16F3N3OS/c1-2-8-21-13(9-14(19-21)15(16,17)18)12(20-22)10-23-11-6-4-3-5-7-11/h3-7,9,22H,2,8,10H2,1H3/b20-12+. The molecule has 0 saturated carbocycles. The van der Waals surface area contributed by atoms with E-state index in [1.165, 1.54) is 16.4 Å². The van der Waals surface area contributed by atoms with Gasteiger partial charge in [-0.05, 0) is 24.6 Å². The van der Waals surface area contributed by atoms with Crippen molar-refractivity contribution in [1.82, 2.24) is 9.78 Å². The molecule has 1 aromatic heterocycles.